The SMILES string of the molecule is O=C(NCc1ccc(O)c(O)c1)N(I)c1ccc(O)c(O)c1. The number of amides is 2. The van der Waals surface area contributed by atoms with Crippen LogP contribution in [0.15, 0.2) is 36.4 Å². The van der Waals surface area contributed by atoms with Crippen molar-refractivity contribution in [2.45, 2.75) is 6.54 Å². The first-order valence-corrected chi connectivity index (χ1v) is 7.11. The summed E-state index contributed by atoms with van der Waals surface area (Å²) in [5.74, 6) is -1.09. The van der Waals surface area contributed by atoms with Gasteiger partial charge in [0.15, 0.2) is 23.0 Å². The average molecular weight is 416 g/mol. The van der Waals surface area contributed by atoms with Crippen LogP contribution in [0.1, 0.15) is 5.56 Å². The van der Waals surface area contributed by atoms with Gasteiger partial charge in [-0.1, -0.05) is 6.07 Å². The number of urea groups is 1. The number of benzene rings is 2. The van der Waals surface area contributed by atoms with Crippen molar-refractivity contribution in [2.24, 2.45) is 0 Å². The van der Waals surface area contributed by atoms with Gasteiger partial charge in [-0.25, -0.2) is 7.91 Å². The zero-order valence-electron chi connectivity index (χ0n) is 11.2. The molecule has 2 aromatic rings. The van der Waals surface area contributed by atoms with E-state index in [1.165, 1.54) is 33.4 Å². The molecule has 0 heterocycles. The Balaban J connectivity index is 2.01. The van der Waals surface area contributed by atoms with E-state index < -0.39 is 6.03 Å². The van der Waals surface area contributed by atoms with Crippen LogP contribution in [0.25, 0.3) is 0 Å². The molecule has 0 spiro atoms. The predicted octanol–water partition coefficient (Wildman–Crippen LogP) is 2.58. The zero-order chi connectivity index (χ0) is 16.3. The largest absolute Gasteiger partial charge is 0.504 e. The van der Waals surface area contributed by atoms with Crippen LogP contribution in [0.3, 0.4) is 0 Å². The number of phenols is 4. The highest BCUT2D eigenvalue weighted by molar-refractivity contribution is 14.1. The molecule has 2 aromatic carbocycles. The van der Waals surface area contributed by atoms with E-state index in [2.05, 4.69) is 5.32 Å². The van der Waals surface area contributed by atoms with Gasteiger partial charge in [0.05, 0.1) is 28.6 Å². The maximum atomic E-state index is 12.0. The number of aromatic hydroxyl groups is 4. The highest BCUT2D eigenvalue weighted by Gasteiger charge is 2.14. The first-order chi connectivity index (χ1) is 10.4. The van der Waals surface area contributed by atoms with Gasteiger partial charge in [0.25, 0.3) is 0 Å². The van der Waals surface area contributed by atoms with Crippen LogP contribution in [0.2, 0.25) is 0 Å². The van der Waals surface area contributed by atoms with Gasteiger partial charge in [-0.05, 0) is 29.8 Å². The summed E-state index contributed by atoms with van der Waals surface area (Å²) < 4.78 is 1.23. The molecule has 22 heavy (non-hydrogen) atoms. The molecule has 7 nitrogen and oxygen atoms in total. The Labute approximate surface area is 139 Å². The van der Waals surface area contributed by atoms with E-state index in [0.29, 0.717) is 11.3 Å². The smallest absolute Gasteiger partial charge is 0.331 e. The lowest BCUT2D eigenvalue weighted by atomic mass is 10.2. The Hall–Kier alpha value is -2.36. The van der Waals surface area contributed by atoms with Gasteiger partial charge in [0, 0.05) is 12.6 Å². The fourth-order valence-electron chi connectivity index (χ4n) is 1.68. The molecule has 0 fully saturated rings. The normalized spacial score (nSPS) is 10.2. The topological polar surface area (TPSA) is 113 Å². The number of rotatable bonds is 3. The summed E-state index contributed by atoms with van der Waals surface area (Å²) in [4.78, 5) is 12.0. The van der Waals surface area contributed by atoms with Gasteiger partial charge in [-0.3, -0.25) is 0 Å². The van der Waals surface area contributed by atoms with Crippen molar-refractivity contribution in [2.75, 3.05) is 3.11 Å². The third kappa shape index (κ3) is 3.64. The lowest BCUT2D eigenvalue weighted by molar-refractivity contribution is 0.250. The number of halogens is 1. The van der Waals surface area contributed by atoms with Gasteiger partial charge in [0.2, 0.25) is 0 Å². The molecule has 0 aliphatic heterocycles. The monoisotopic (exact) mass is 416 g/mol. The minimum Gasteiger partial charge on any atom is -0.504 e. The molecule has 8 heteroatoms. The summed E-state index contributed by atoms with van der Waals surface area (Å²) in [6, 6.07) is 7.82. The Morgan fingerprint density at radius 1 is 0.955 bits per heavy atom. The Morgan fingerprint density at radius 2 is 1.55 bits per heavy atom. The molecule has 0 bridgehead atoms. The van der Waals surface area contributed by atoms with Gasteiger partial charge >= 0.3 is 6.03 Å². The van der Waals surface area contributed by atoms with Crippen LogP contribution in [0, 0.1) is 0 Å². The third-order valence-electron chi connectivity index (χ3n) is 2.85. The number of nitrogens with zero attached hydrogens (tertiary/aromatic N) is 1. The molecular formula is C14H13IN2O5. The average Bonchev–Trinajstić information content (AvgIpc) is 2.50. The number of phenolic OH excluding ortho intramolecular Hbond substituents is 4. The van der Waals surface area contributed by atoms with Crippen LogP contribution < -0.4 is 8.43 Å². The predicted molar refractivity (Wildman–Crippen MR) is 88.3 cm³/mol. The summed E-state index contributed by atoms with van der Waals surface area (Å²) in [7, 11) is 0. The lowest BCUT2D eigenvalue weighted by Crippen LogP contribution is -2.32. The Morgan fingerprint density at radius 3 is 2.14 bits per heavy atom. The van der Waals surface area contributed by atoms with Crippen molar-refractivity contribution in [3.05, 3.63) is 42.0 Å². The van der Waals surface area contributed by atoms with Gasteiger partial charge in [-0.15, -0.1) is 0 Å². The van der Waals surface area contributed by atoms with Crippen LogP contribution in [0.4, 0.5) is 10.5 Å². The second kappa shape index (κ2) is 6.60. The van der Waals surface area contributed by atoms with E-state index in [0.717, 1.165) is 0 Å². The summed E-state index contributed by atoms with van der Waals surface area (Å²) in [5, 5.41) is 39.9. The number of anilines is 1. The van der Waals surface area contributed by atoms with E-state index in [9.17, 15) is 25.2 Å². The first-order valence-electron chi connectivity index (χ1n) is 6.15. The minimum absolute atomic E-state index is 0.149. The lowest BCUT2D eigenvalue weighted by Gasteiger charge is -2.16. The van der Waals surface area contributed by atoms with Crippen LogP contribution in [-0.2, 0) is 6.54 Å². The van der Waals surface area contributed by atoms with Crippen LogP contribution in [0.5, 0.6) is 23.0 Å². The molecule has 0 saturated heterocycles. The molecule has 2 rings (SSSR count). The maximum absolute atomic E-state index is 12.0. The van der Waals surface area contributed by atoms with E-state index in [4.69, 9.17) is 0 Å². The fourth-order valence-corrected chi connectivity index (χ4v) is 2.15. The summed E-state index contributed by atoms with van der Waals surface area (Å²) in [6.45, 7) is 0.149. The van der Waals surface area contributed by atoms with Gasteiger partial charge < -0.3 is 25.7 Å². The van der Waals surface area contributed by atoms with Crippen molar-refractivity contribution >= 4 is 34.6 Å². The molecule has 2 amide bonds. The summed E-state index contributed by atoms with van der Waals surface area (Å²) in [5.41, 5.74) is 1.00. The standard InChI is InChI=1S/C14H13IN2O5/c15-17(9-2-4-11(19)13(21)6-9)14(22)16-7-8-1-3-10(18)12(20)5-8/h1-6,18-21H,7H2,(H,16,22). The van der Waals surface area contributed by atoms with E-state index in [1.807, 2.05) is 0 Å². The van der Waals surface area contributed by atoms with Crippen molar-refractivity contribution in [3.63, 3.8) is 0 Å². The summed E-state index contributed by atoms with van der Waals surface area (Å²) >= 11 is 1.76. The summed E-state index contributed by atoms with van der Waals surface area (Å²) in [6.07, 6.45) is 0. The van der Waals surface area contributed by atoms with E-state index in [1.54, 1.807) is 28.9 Å². The molecule has 0 aliphatic rings. The van der Waals surface area contributed by atoms with Gasteiger partial charge in [-0.2, -0.15) is 0 Å². The number of nitrogens with one attached hydrogen (secondary N) is 1. The molecule has 0 atom stereocenters. The molecule has 116 valence electrons. The van der Waals surface area contributed by atoms with E-state index >= 15 is 0 Å². The molecule has 0 unspecified atom stereocenters. The second-order valence-electron chi connectivity index (χ2n) is 4.44. The van der Waals surface area contributed by atoms with Crippen molar-refractivity contribution in [1.82, 2.24) is 5.32 Å². The Kier molecular flexibility index (Phi) is 4.81. The van der Waals surface area contributed by atoms with Crippen molar-refractivity contribution in [3.8, 4) is 23.0 Å². The third-order valence-corrected chi connectivity index (χ3v) is 3.84. The van der Waals surface area contributed by atoms with Gasteiger partial charge in [0.1, 0.15) is 0 Å². The minimum atomic E-state index is -0.446. The highest BCUT2D eigenvalue weighted by Crippen LogP contribution is 2.31. The molecule has 0 aromatic heterocycles. The Bertz CT molecular complexity index is 708. The molecule has 0 saturated carbocycles. The number of carbonyl (C=O) groups excluding carboxylic acids is 1. The van der Waals surface area contributed by atoms with Crippen LogP contribution in [-0.4, -0.2) is 26.5 Å². The number of hydrogen-bond acceptors (Lipinski definition) is 5. The first kappa shape index (κ1) is 16.0. The zero-order valence-corrected chi connectivity index (χ0v) is 13.4. The fraction of sp³-hybridized carbons (Fsp3) is 0.0714. The quantitative estimate of drug-likeness (QED) is 0.300. The molecule has 0 aliphatic carbocycles. The highest BCUT2D eigenvalue weighted by atomic mass is 127. The second-order valence-corrected chi connectivity index (χ2v) is 5.40. The van der Waals surface area contributed by atoms with Crippen molar-refractivity contribution < 1.29 is 25.2 Å². The number of hydrogen-bond donors (Lipinski definition) is 5. The van der Waals surface area contributed by atoms with Crippen LogP contribution >= 0.6 is 22.9 Å². The van der Waals surface area contributed by atoms with Crippen molar-refractivity contribution in [1.29, 1.82) is 0 Å². The van der Waals surface area contributed by atoms with E-state index in [-0.39, 0.29) is 29.5 Å². The number of carbonyl (C=O) groups is 1. The maximum Gasteiger partial charge on any atom is 0.331 e. The molecular weight excluding hydrogens is 403 g/mol. The molecule has 0 radical (unpaired) electrons. The molecule has 5 N–H and O–H groups in total.